The number of nitrogens with two attached hydrogens (primary N) is 2. The topological polar surface area (TPSA) is 120 Å². The van der Waals surface area contributed by atoms with Gasteiger partial charge in [-0.2, -0.15) is 0 Å². The molecule has 1 heterocycles. The highest BCUT2D eigenvalue weighted by atomic mass is 16.5. The van der Waals surface area contributed by atoms with Crippen LogP contribution in [0.25, 0.3) is 0 Å². The molecule has 7 nitrogen and oxygen atoms in total. The molecule has 0 radical (unpaired) electrons. The molecule has 2 rings (SSSR count). The van der Waals surface area contributed by atoms with Crippen molar-refractivity contribution in [3.05, 3.63) is 42.1 Å². The van der Waals surface area contributed by atoms with Crippen LogP contribution in [0.5, 0.6) is 11.6 Å². The van der Waals surface area contributed by atoms with Crippen LogP contribution in [-0.4, -0.2) is 16.8 Å². The number of nitrogens with zero attached hydrogens (tertiary/aromatic N) is 1. The zero-order valence-corrected chi connectivity index (χ0v) is 11.3. The molecule has 0 saturated carbocycles. The molecule has 0 fully saturated rings. The Kier molecular flexibility index (Phi) is 4.03. The number of carbonyl (C=O) groups is 2. The number of aromatic nitrogens is 1. The van der Waals surface area contributed by atoms with Gasteiger partial charge in [0.05, 0.1) is 23.1 Å². The third kappa shape index (κ3) is 3.47. The summed E-state index contributed by atoms with van der Waals surface area (Å²) in [7, 11) is 0. The van der Waals surface area contributed by atoms with Crippen molar-refractivity contribution in [1.29, 1.82) is 0 Å². The predicted octanol–water partition coefficient (Wildman–Crippen LogP) is 1.51. The van der Waals surface area contributed by atoms with Crippen molar-refractivity contribution in [2.24, 2.45) is 5.73 Å². The molecule has 21 heavy (non-hydrogen) atoms. The van der Waals surface area contributed by atoms with Crippen molar-refractivity contribution in [2.45, 2.75) is 6.92 Å². The SMILES string of the molecule is CC(=O)Nc1ccccc1Oc1cc(C(N)=O)c(N)cn1. The highest BCUT2D eigenvalue weighted by Crippen LogP contribution is 2.29. The molecule has 0 aliphatic heterocycles. The van der Waals surface area contributed by atoms with Gasteiger partial charge in [0.1, 0.15) is 0 Å². The van der Waals surface area contributed by atoms with Crippen LogP contribution >= 0.6 is 0 Å². The standard InChI is InChI=1S/C14H14N4O3/c1-8(19)18-11-4-2-3-5-12(11)21-13-6-9(14(16)20)10(15)7-17-13/h2-7H,15H2,1H3,(H2,16,20)(H,18,19). The fourth-order valence-electron chi connectivity index (χ4n) is 1.68. The summed E-state index contributed by atoms with van der Waals surface area (Å²) in [6.07, 6.45) is 1.29. The summed E-state index contributed by atoms with van der Waals surface area (Å²) in [4.78, 5) is 26.4. The number of hydrogen-bond acceptors (Lipinski definition) is 5. The molecule has 2 amide bonds. The molecular formula is C14H14N4O3. The van der Waals surface area contributed by atoms with Gasteiger partial charge in [0.25, 0.3) is 5.91 Å². The molecule has 5 N–H and O–H groups in total. The second-order valence-corrected chi connectivity index (χ2v) is 4.25. The van der Waals surface area contributed by atoms with E-state index >= 15 is 0 Å². The monoisotopic (exact) mass is 286 g/mol. The Hall–Kier alpha value is -3.09. The number of pyridine rings is 1. The molecule has 7 heteroatoms. The lowest BCUT2D eigenvalue weighted by atomic mass is 10.2. The fourth-order valence-corrected chi connectivity index (χ4v) is 1.68. The molecule has 0 saturated heterocycles. The molecule has 0 bridgehead atoms. The van der Waals surface area contributed by atoms with Gasteiger partial charge in [0.15, 0.2) is 5.75 Å². The lowest BCUT2D eigenvalue weighted by molar-refractivity contribution is -0.114. The minimum absolute atomic E-state index is 0.122. The van der Waals surface area contributed by atoms with E-state index in [9.17, 15) is 9.59 Å². The lowest BCUT2D eigenvalue weighted by Crippen LogP contribution is -2.14. The van der Waals surface area contributed by atoms with Crippen molar-refractivity contribution < 1.29 is 14.3 Å². The third-order valence-corrected chi connectivity index (χ3v) is 2.59. The minimum Gasteiger partial charge on any atom is -0.437 e. The summed E-state index contributed by atoms with van der Waals surface area (Å²) in [5, 5.41) is 2.63. The van der Waals surface area contributed by atoms with Crippen LogP contribution in [0.3, 0.4) is 0 Å². The molecule has 0 aliphatic carbocycles. The maximum atomic E-state index is 11.2. The second-order valence-electron chi connectivity index (χ2n) is 4.25. The smallest absolute Gasteiger partial charge is 0.251 e. The van der Waals surface area contributed by atoms with E-state index < -0.39 is 5.91 Å². The summed E-state index contributed by atoms with van der Waals surface area (Å²) >= 11 is 0. The Labute approximate surface area is 120 Å². The number of nitrogen functional groups attached to an aromatic ring is 1. The largest absolute Gasteiger partial charge is 0.437 e. The van der Waals surface area contributed by atoms with Crippen molar-refractivity contribution in [3.63, 3.8) is 0 Å². The van der Waals surface area contributed by atoms with Crippen molar-refractivity contribution >= 4 is 23.2 Å². The number of para-hydroxylation sites is 2. The Morgan fingerprint density at radius 2 is 2.00 bits per heavy atom. The van der Waals surface area contributed by atoms with Crippen LogP contribution in [0, 0.1) is 0 Å². The van der Waals surface area contributed by atoms with E-state index in [1.165, 1.54) is 19.2 Å². The fraction of sp³-hybridized carbons (Fsp3) is 0.0714. The molecule has 0 atom stereocenters. The first-order chi connectivity index (χ1) is 9.97. The Bertz CT molecular complexity index is 700. The summed E-state index contributed by atoms with van der Waals surface area (Å²) in [5.41, 5.74) is 11.6. The number of nitrogens with one attached hydrogen (secondary N) is 1. The molecule has 1 aromatic carbocycles. The van der Waals surface area contributed by atoms with Gasteiger partial charge in [-0.05, 0) is 12.1 Å². The Morgan fingerprint density at radius 3 is 2.67 bits per heavy atom. The van der Waals surface area contributed by atoms with Crippen LogP contribution < -0.4 is 21.5 Å². The first-order valence-corrected chi connectivity index (χ1v) is 6.07. The summed E-state index contributed by atoms with van der Waals surface area (Å²) < 4.78 is 5.57. The van der Waals surface area contributed by atoms with E-state index in [4.69, 9.17) is 16.2 Å². The number of ether oxygens (including phenoxy) is 1. The van der Waals surface area contributed by atoms with Crippen molar-refractivity contribution in [3.8, 4) is 11.6 Å². The predicted molar refractivity (Wildman–Crippen MR) is 78.0 cm³/mol. The van der Waals surface area contributed by atoms with Gasteiger partial charge in [0, 0.05) is 13.0 Å². The summed E-state index contributed by atoms with van der Waals surface area (Å²) in [6.45, 7) is 1.39. The highest BCUT2D eigenvalue weighted by Gasteiger charge is 2.11. The average Bonchev–Trinajstić information content (AvgIpc) is 2.42. The van der Waals surface area contributed by atoms with E-state index in [0.717, 1.165) is 0 Å². The molecular weight excluding hydrogens is 272 g/mol. The lowest BCUT2D eigenvalue weighted by Gasteiger charge is -2.11. The summed E-state index contributed by atoms with van der Waals surface area (Å²) in [5.74, 6) is -0.361. The highest BCUT2D eigenvalue weighted by molar-refractivity contribution is 5.98. The molecule has 1 aromatic heterocycles. The number of benzene rings is 1. The Morgan fingerprint density at radius 1 is 1.29 bits per heavy atom. The van der Waals surface area contributed by atoms with Crippen LogP contribution in [0.4, 0.5) is 11.4 Å². The van der Waals surface area contributed by atoms with E-state index in [2.05, 4.69) is 10.3 Å². The molecule has 0 aliphatic rings. The van der Waals surface area contributed by atoms with Gasteiger partial charge in [0.2, 0.25) is 11.8 Å². The number of rotatable bonds is 4. The van der Waals surface area contributed by atoms with Crippen LogP contribution in [-0.2, 0) is 4.79 Å². The first kappa shape index (κ1) is 14.3. The molecule has 108 valence electrons. The van der Waals surface area contributed by atoms with Crippen molar-refractivity contribution in [1.82, 2.24) is 4.98 Å². The number of hydrogen-bond donors (Lipinski definition) is 3. The van der Waals surface area contributed by atoms with Crippen LogP contribution in [0.2, 0.25) is 0 Å². The summed E-state index contributed by atoms with van der Waals surface area (Å²) in [6, 6.07) is 8.19. The van der Waals surface area contributed by atoms with E-state index in [1.54, 1.807) is 24.3 Å². The van der Waals surface area contributed by atoms with Gasteiger partial charge in [-0.25, -0.2) is 4.98 Å². The van der Waals surface area contributed by atoms with Gasteiger partial charge < -0.3 is 21.5 Å². The number of anilines is 2. The van der Waals surface area contributed by atoms with Gasteiger partial charge >= 0.3 is 0 Å². The quantitative estimate of drug-likeness (QED) is 0.786. The van der Waals surface area contributed by atoms with E-state index in [-0.39, 0.29) is 23.0 Å². The van der Waals surface area contributed by atoms with Crippen LogP contribution in [0.1, 0.15) is 17.3 Å². The normalized spacial score (nSPS) is 9.95. The minimum atomic E-state index is -0.671. The maximum absolute atomic E-state index is 11.2. The third-order valence-electron chi connectivity index (χ3n) is 2.59. The van der Waals surface area contributed by atoms with Gasteiger partial charge in [-0.1, -0.05) is 12.1 Å². The number of amides is 2. The van der Waals surface area contributed by atoms with Crippen LogP contribution in [0.15, 0.2) is 36.5 Å². The van der Waals surface area contributed by atoms with Gasteiger partial charge in [-0.3, -0.25) is 9.59 Å². The van der Waals surface area contributed by atoms with E-state index in [1.807, 2.05) is 0 Å². The maximum Gasteiger partial charge on any atom is 0.251 e. The molecule has 0 unspecified atom stereocenters. The van der Waals surface area contributed by atoms with Gasteiger partial charge in [-0.15, -0.1) is 0 Å². The zero-order chi connectivity index (χ0) is 15.4. The molecule has 0 spiro atoms. The first-order valence-electron chi connectivity index (χ1n) is 6.07. The Balaban J connectivity index is 2.32. The number of primary amides is 1. The second kappa shape index (κ2) is 5.91. The van der Waals surface area contributed by atoms with E-state index in [0.29, 0.717) is 11.4 Å². The number of carbonyl (C=O) groups excluding carboxylic acids is 2. The average molecular weight is 286 g/mol. The zero-order valence-electron chi connectivity index (χ0n) is 11.3. The molecule has 2 aromatic rings. The van der Waals surface area contributed by atoms with Crippen molar-refractivity contribution in [2.75, 3.05) is 11.1 Å².